The summed E-state index contributed by atoms with van der Waals surface area (Å²) in [5.74, 6) is 0. The minimum Gasteiger partial charge on any atom is -0.394 e. The van der Waals surface area contributed by atoms with Crippen molar-refractivity contribution in [3.63, 3.8) is 0 Å². The number of likely N-dealkylation sites (tertiary alicyclic amines) is 1. The third-order valence-corrected chi connectivity index (χ3v) is 2.70. The summed E-state index contributed by atoms with van der Waals surface area (Å²) in [6.07, 6.45) is -0.219. The summed E-state index contributed by atoms with van der Waals surface area (Å²) in [7, 11) is 0. The van der Waals surface area contributed by atoms with E-state index in [2.05, 4.69) is 0 Å². The first-order valence-electron chi connectivity index (χ1n) is 4.70. The van der Waals surface area contributed by atoms with Gasteiger partial charge >= 0.3 is 0 Å². The molecule has 3 N–H and O–H groups in total. The molecule has 0 aromatic rings. The molecule has 3 unspecified atom stereocenters. The van der Waals surface area contributed by atoms with E-state index in [9.17, 15) is 15.3 Å². The van der Waals surface area contributed by atoms with Crippen molar-refractivity contribution in [2.45, 2.75) is 38.0 Å². The van der Waals surface area contributed by atoms with Crippen molar-refractivity contribution in [1.82, 2.24) is 4.90 Å². The molecular weight excluding hydrogens is 170 g/mol. The molecule has 0 spiro atoms. The van der Waals surface area contributed by atoms with E-state index in [4.69, 9.17) is 0 Å². The Morgan fingerprint density at radius 2 is 2.23 bits per heavy atom. The molecule has 0 aliphatic carbocycles. The van der Waals surface area contributed by atoms with Crippen molar-refractivity contribution in [1.29, 1.82) is 0 Å². The van der Waals surface area contributed by atoms with Crippen LogP contribution in [-0.4, -0.2) is 57.7 Å². The summed E-state index contributed by atoms with van der Waals surface area (Å²) >= 11 is 0. The molecular formula is C9H19NO3. The van der Waals surface area contributed by atoms with Gasteiger partial charge in [0.15, 0.2) is 0 Å². The topological polar surface area (TPSA) is 63.9 Å². The van der Waals surface area contributed by atoms with Gasteiger partial charge < -0.3 is 15.3 Å². The average molecular weight is 189 g/mol. The Hall–Kier alpha value is -0.160. The van der Waals surface area contributed by atoms with Crippen LogP contribution in [0.2, 0.25) is 0 Å². The van der Waals surface area contributed by atoms with Gasteiger partial charge in [-0.2, -0.15) is 0 Å². The number of β-amino-alcohol motifs (C(OH)–C–C–N with tert-alkyl or cyclic N) is 2. The van der Waals surface area contributed by atoms with E-state index >= 15 is 0 Å². The maximum atomic E-state index is 9.44. The fraction of sp³-hybridized carbons (Fsp3) is 1.00. The standard InChI is InChI=1S/C9H19NO3/c1-7(12)4-10-5-8(13)3-9(10,2)6-11/h7-8,11-13H,3-6H2,1-2H3. The lowest BCUT2D eigenvalue weighted by Crippen LogP contribution is -2.47. The normalized spacial score (nSPS) is 38.1. The number of aliphatic hydroxyl groups excluding tert-OH is 3. The van der Waals surface area contributed by atoms with E-state index in [0.717, 1.165) is 0 Å². The maximum absolute atomic E-state index is 9.44. The van der Waals surface area contributed by atoms with Gasteiger partial charge in [0.2, 0.25) is 0 Å². The Bertz CT molecular complexity index is 174. The van der Waals surface area contributed by atoms with Gasteiger partial charge in [0, 0.05) is 18.6 Å². The Labute approximate surface area is 78.8 Å². The molecule has 1 rings (SSSR count). The molecule has 0 bridgehead atoms. The Kier molecular flexibility index (Phi) is 3.29. The van der Waals surface area contributed by atoms with Crippen molar-refractivity contribution in [3.05, 3.63) is 0 Å². The molecule has 1 aliphatic rings. The van der Waals surface area contributed by atoms with Crippen LogP contribution in [0.3, 0.4) is 0 Å². The lowest BCUT2D eigenvalue weighted by Gasteiger charge is -2.33. The summed E-state index contributed by atoms with van der Waals surface area (Å²) in [5.41, 5.74) is -0.365. The fourth-order valence-electron chi connectivity index (χ4n) is 1.95. The number of hydrogen-bond acceptors (Lipinski definition) is 4. The molecule has 3 atom stereocenters. The van der Waals surface area contributed by atoms with Crippen LogP contribution in [0.4, 0.5) is 0 Å². The van der Waals surface area contributed by atoms with Crippen molar-refractivity contribution in [2.24, 2.45) is 0 Å². The monoisotopic (exact) mass is 189 g/mol. The highest BCUT2D eigenvalue weighted by molar-refractivity contribution is 4.96. The molecule has 4 heteroatoms. The minimum atomic E-state index is -0.420. The molecule has 0 radical (unpaired) electrons. The highest BCUT2D eigenvalue weighted by atomic mass is 16.3. The first-order chi connectivity index (χ1) is 5.98. The molecule has 0 aromatic carbocycles. The third kappa shape index (κ3) is 2.40. The molecule has 78 valence electrons. The lowest BCUT2D eigenvalue weighted by atomic mass is 9.99. The zero-order valence-corrected chi connectivity index (χ0v) is 8.27. The van der Waals surface area contributed by atoms with Gasteiger partial charge in [-0.25, -0.2) is 0 Å². The first-order valence-corrected chi connectivity index (χ1v) is 4.70. The summed E-state index contributed by atoms with van der Waals surface area (Å²) in [6, 6.07) is 0. The van der Waals surface area contributed by atoms with Crippen LogP contribution >= 0.6 is 0 Å². The van der Waals surface area contributed by atoms with E-state index in [1.165, 1.54) is 0 Å². The van der Waals surface area contributed by atoms with Gasteiger partial charge in [0.25, 0.3) is 0 Å². The van der Waals surface area contributed by atoms with Crippen molar-refractivity contribution in [3.8, 4) is 0 Å². The third-order valence-electron chi connectivity index (χ3n) is 2.70. The Morgan fingerprint density at radius 3 is 2.69 bits per heavy atom. The van der Waals surface area contributed by atoms with Crippen LogP contribution in [0.25, 0.3) is 0 Å². The van der Waals surface area contributed by atoms with Crippen molar-refractivity contribution < 1.29 is 15.3 Å². The average Bonchev–Trinajstić information content (AvgIpc) is 2.27. The minimum absolute atomic E-state index is 0.0246. The van der Waals surface area contributed by atoms with Crippen molar-refractivity contribution in [2.75, 3.05) is 19.7 Å². The second-order valence-corrected chi connectivity index (χ2v) is 4.27. The number of nitrogens with zero attached hydrogens (tertiary/aromatic N) is 1. The van der Waals surface area contributed by atoms with Crippen LogP contribution in [0.1, 0.15) is 20.3 Å². The van der Waals surface area contributed by atoms with Gasteiger partial charge in [0.05, 0.1) is 18.8 Å². The van der Waals surface area contributed by atoms with E-state index in [-0.39, 0.29) is 18.2 Å². The highest BCUT2D eigenvalue weighted by Crippen LogP contribution is 2.28. The van der Waals surface area contributed by atoms with E-state index in [1.54, 1.807) is 6.92 Å². The molecule has 0 aromatic heterocycles. The van der Waals surface area contributed by atoms with Crippen molar-refractivity contribution >= 4 is 0 Å². The van der Waals surface area contributed by atoms with E-state index in [1.807, 2.05) is 11.8 Å². The molecule has 1 aliphatic heterocycles. The fourth-order valence-corrected chi connectivity index (χ4v) is 1.95. The largest absolute Gasteiger partial charge is 0.394 e. The number of hydrogen-bond donors (Lipinski definition) is 3. The molecule has 13 heavy (non-hydrogen) atoms. The van der Waals surface area contributed by atoms with Gasteiger partial charge in [-0.05, 0) is 20.3 Å². The second kappa shape index (κ2) is 3.92. The predicted molar refractivity (Wildman–Crippen MR) is 49.4 cm³/mol. The summed E-state index contributed by atoms with van der Waals surface area (Å²) < 4.78 is 0. The zero-order chi connectivity index (χ0) is 10.1. The smallest absolute Gasteiger partial charge is 0.0685 e. The summed E-state index contributed by atoms with van der Waals surface area (Å²) in [5, 5.41) is 27.9. The zero-order valence-electron chi connectivity index (χ0n) is 8.27. The van der Waals surface area contributed by atoms with Crippen LogP contribution < -0.4 is 0 Å². The molecule has 1 fully saturated rings. The molecule has 1 heterocycles. The first kappa shape index (κ1) is 10.9. The van der Waals surface area contributed by atoms with E-state index < -0.39 is 6.10 Å². The van der Waals surface area contributed by atoms with Crippen LogP contribution in [0, 0.1) is 0 Å². The molecule has 1 saturated heterocycles. The summed E-state index contributed by atoms with van der Waals surface area (Å²) in [4.78, 5) is 1.95. The Balaban J connectivity index is 2.61. The highest BCUT2D eigenvalue weighted by Gasteiger charge is 2.40. The lowest BCUT2D eigenvalue weighted by molar-refractivity contribution is 0.0419. The van der Waals surface area contributed by atoms with Gasteiger partial charge in [-0.3, -0.25) is 4.90 Å². The number of aliphatic hydroxyl groups is 3. The van der Waals surface area contributed by atoms with Crippen LogP contribution in [0.15, 0.2) is 0 Å². The van der Waals surface area contributed by atoms with Crippen LogP contribution in [-0.2, 0) is 0 Å². The van der Waals surface area contributed by atoms with Crippen LogP contribution in [0.5, 0.6) is 0 Å². The SMILES string of the molecule is CC(O)CN1CC(O)CC1(C)CO. The molecule has 0 saturated carbocycles. The molecule has 4 nitrogen and oxygen atoms in total. The number of rotatable bonds is 3. The van der Waals surface area contributed by atoms with E-state index in [0.29, 0.717) is 19.5 Å². The quantitative estimate of drug-likeness (QED) is 0.543. The molecule has 0 amide bonds. The van der Waals surface area contributed by atoms with Gasteiger partial charge in [-0.15, -0.1) is 0 Å². The van der Waals surface area contributed by atoms with Gasteiger partial charge in [-0.1, -0.05) is 0 Å². The predicted octanol–water partition coefficient (Wildman–Crippen LogP) is -0.815. The maximum Gasteiger partial charge on any atom is 0.0685 e. The Morgan fingerprint density at radius 1 is 1.62 bits per heavy atom. The van der Waals surface area contributed by atoms with Gasteiger partial charge in [0.1, 0.15) is 0 Å². The summed E-state index contributed by atoms with van der Waals surface area (Å²) in [6.45, 7) is 4.70. The second-order valence-electron chi connectivity index (χ2n) is 4.27.